The van der Waals surface area contributed by atoms with E-state index in [0.717, 1.165) is 36.8 Å². The lowest BCUT2D eigenvalue weighted by molar-refractivity contribution is -0.131. The molecule has 0 spiro atoms. The minimum atomic E-state index is -0.313. The van der Waals surface area contributed by atoms with E-state index in [0.29, 0.717) is 29.8 Å². The van der Waals surface area contributed by atoms with Gasteiger partial charge in [0, 0.05) is 49.2 Å². The first-order valence-corrected chi connectivity index (χ1v) is 12.2. The standard InChI is InChI=1S/C27H30N5O4/c1-17(2)20-15-21(24(34)16-23(20)33)26-28-29-27(36)32(26)19-6-7-22-18(14-19)8-12-30(22)13-9-25(35)31-10-4-3-5-11-31/h3,6-8,12,14-17,33-34H,4-5,9-11,13H2,1-2H3,(H,29,36). The second kappa shape index (κ2) is 9.56. The van der Waals surface area contributed by atoms with Crippen molar-refractivity contribution < 1.29 is 20.1 Å². The Morgan fingerprint density at radius 1 is 1.00 bits per heavy atom. The van der Waals surface area contributed by atoms with Crippen molar-refractivity contribution in [2.75, 3.05) is 13.1 Å². The van der Waals surface area contributed by atoms with Crippen LogP contribution in [0.2, 0.25) is 0 Å². The summed E-state index contributed by atoms with van der Waals surface area (Å²) in [5, 5.41) is 40.2. The summed E-state index contributed by atoms with van der Waals surface area (Å²) in [6.45, 7) is 6.07. The van der Waals surface area contributed by atoms with Crippen LogP contribution < -0.4 is 0 Å². The maximum atomic E-state index is 12.6. The lowest BCUT2D eigenvalue weighted by atomic mass is 9.98. The number of rotatable bonds is 6. The van der Waals surface area contributed by atoms with E-state index in [1.807, 2.05) is 49.2 Å². The van der Waals surface area contributed by atoms with Crippen LogP contribution in [-0.2, 0) is 11.3 Å². The molecule has 2 aromatic carbocycles. The predicted molar refractivity (Wildman–Crippen MR) is 136 cm³/mol. The molecule has 1 amide bonds. The van der Waals surface area contributed by atoms with E-state index < -0.39 is 0 Å². The van der Waals surface area contributed by atoms with Gasteiger partial charge in [0.2, 0.25) is 5.91 Å². The fraction of sp³-hybridized carbons (Fsp3) is 0.333. The number of carbonyl (C=O) groups is 1. The third-order valence-corrected chi connectivity index (χ3v) is 6.79. The Balaban J connectivity index is 1.44. The third-order valence-electron chi connectivity index (χ3n) is 6.79. The number of aryl methyl sites for hydroxylation is 1. The number of nitrogens with zero attached hydrogens (tertiary/aromatic N) is 5. The first-order valence-electron chi connectivity index (χ1n) is 12.2. The lowest BCUT2D eigenvalue weighted by Gasteiger charge is -2.26. The molecule has 0 aliphatic carbocycles. The van der Waals surface area contributed by atoms with Crippen molar-refractivity contribution in [3.8, 4) is 34.6 Å². The molecule has 5 rings (SSSR count). The molecule has 9 heteroatoms. The van der Waals surface area contributed by atoms with Gasteiger partial charge in [-0.25, -0.2) is 4.57 Å². The van der Waals surface area contributed by atoms with Crippen molar-refractivity contribution in [1.29, 1.82) is 0 Å². The molecule has 1 fully saturated rings. The van der Waals surface area contributed by atoms with Gasteiger partial charge in [0.25, 0.3) is 0 Å². The van der Waals surface area contributed by atoms with Crippen molar-refractivity contribution in [2.24, 2.45) is 0 Å². The molecule has 1 aliphatic rings. The van der Waals surface area contributed by atoms with Crippen molar-refractivity contribution in [3.05, 3.63) is 54.6 Å². The molecule has 4 aromatic rings. The van der Waals surface area contributed by atoms with Crippen LogP contribution in [0.3, 0.4) is 0 Å². The quantitative estimate of drug-likeness (QED) is 0.372. The second-order valence-electron chi connectivity index (χ2n) is 9.49. The number of aromatic hydroxyl groups is 3. The number of phenols is 2. The number of hydrogen-bond donors (Lipinski definition) is 3. The van der Waals surface area contributed by atoms with E-state index >= 15 is 0 Å². The van der Waals surface area contributed by atoms with Gasteiger partial charge in [0.1, 0.15) is 11.5 Å². The van der Waals surface area contributed by atoms with E-state index in [1.165, 1.54) is 10.6 Å². The minimum Gasteiger partial charge on any atom is -0.508 e. The first-order chi connectivity index (χ1) is 17.3. The highest BCUT2D eigenvalue weighted by Crippen LogP contribution is 2.39. The van der Waals surface area contributed by atoms with Gasteiger partial charge in [-0.1, -0.05) is 18.9 Å². The molecule has 1 aliphatic heterocycles. The Morgan fingerprint density at radius 3 is 2.53 bits per heavy atom. The smallest absolute Gasteiger partial charge is 0.319 e. The molecule has 1 saturated heterocycles. The summed E-state index contributed by atoms with van der Waals surface area (Å²) in [6, 6.07) is 10.3. The number of piperidine rings is 1. The molecule has 0 bridgehead atoms. The molecule has 1 radical (unpaired) electrons. The van der Waals surface area contributed by atoms with Crippen LogP contribution in [0.1, 0.15) is 44.6 Å². The molecule has 9 nitrogen and oxygen atoms in total. The van der Waals surface area contributed by atoms with Crippen LogP contribution in [0.4, 0.5) is 0 Å². The van der Waals surface area contributed by atoms with Crippen molar-refractivity contribution in [3.63, 3.8) is 0 Å². The molecular weight excluding hydrogens is 458 g/mol. The van der Waals surface area contributed by atoms with E-state index in [9.17, 15) is 20.1 Å². The second-order valence-corrected chi connectivity index (χ2v) is 9.49. The SMILES string of the molecule is CC(C)c1cc(-c2nnc(O)n2-c2ccc3c(ccn3CCC(=O)N3CC[CH]CC3)c2)c(O)cc1O. The zero-order chi connectivity index (χ0) is 25.4. The van der Waals surface area contributed by atoms with E-state index in [-0.39, 0.29) is 35.2 Å². The number of likely N-dealkylation sites (tertiary alicyclic amines) is 1. The van der Waals surface area contributed by atoms with Gasteiger partial charge in [-0.3, -0.25) is 4.79 Å². The fourth-order valence-corrected chi connectivity index (χ4v) is 4.82. The topological polar surface area (TPSA) is 117 Å². The molecule has 0 saturated carbocycles. The van der Waals surface area contributed by atoms with Crippen LogP contribution in [0.15, 0.2) is 42.6 Å². The molecule has 187 valence electrons. The largest absolute Gasteiger partial charge is 0.508 e. The highest BCUT2D eigenvalue weighted by Gasteiger charge is 2.21. The number of benzene rings is 2. The molecule has 0 atom stereocenters. The minimum absolute atomic E-state index is 0.00129. The fourth-order valence-electron chi connectivity index (χ4n) is 4.82. The molecule has 0 unspecified atom stereocenters. The highest BCUT2D eigenvalue weighted by atomic mass is 16.3. The number of aromatic nitrogens is 4. The molecule has 2 aromatic heterocycles. The zero-order valence-electron chi connectivity index (χ0n) is 20.4. The van der Waals surface area contributed by atoms with Crippen molar-refractivity contribution in [2.45, 2.75) is 45.6 Å². The van der Waals surface area contributed by atoms with Gasteiger partial charge in [0.05, 0.1) is 11.3 Å². The Labute approximate surface area is 209 Å². The summed E-state index contributed by atoms with van der Waals surface area (Å²) < 4.78 is 3.52. The van der Waals surface area contributed by atoms with E-state index in [1.54, 1.807) is 6.07 Å². The van der Waals surface area contributed by atoms with Gasteiger partial charge < -0.3 is 24.8 Å². The Morgan fingerprint density at radius 2 is 1.78 bits per heavy atom. The number of carbonyl (C=O) groups excluding carboxylic acids is 1. The van der Waals surface area contributed by atoms with E-state index in [2.05, 4.69) is 21.2 Å². The Kier molecular flexibility index (Phi) is 6.30. The van der Waals surface area contributed by atoms with Gasteiger partial charge in [-0.05, 0) is 61.1 Å². The third kappa shape index (κ3) is 4.36. The Bertz CT molecular complexity index is 1420. The van der Waals surface area contributed by atoms with Crippen molar-refractivity contribution >= 4 is 16.8 Å². The average molecular weight is 489 g/mol. The molecule has 3 heterocycles. The predicted octanol–water partition coefficient (Wildman–Crippen LogP) is 4.35. The maximum absolute atomic E-state index is 12.6. The summed E-state index contributed by atoms with van der Waals surface area (Å²) in [4.78, 5) is 14.5. The normalized spacial score (nSPS) is 14.1. The first kappa shape index (κ1) is 23.7. The van der Waals surface area contributed by atoms with Crippen molar-refractivity contribution in [1.82, 2.24) is 24.2 Å². The summed E-state index contributed by atoms with van der Waals surface area (Å²) >= 11 is 0. The summed E-state index contributed by atoms with van der Waals surface area (Å²) in [7, 11) is 0. The number of amides is 1. The van der Waals surface area contributed by atoms with Gasteiger partial charge >= 0.3 is 6.01 Å². The van der Waals surface area contributed by atoms with Crippen LogP contribution in [0.25, 0.3) is 28.0 Å². The summed E-state index contributed by atoms with van der Waals surface area (Å²) in [6.07, 6.45) is 6.55. The maximum Gasteiger partial charge on any atom is 0.319 e. The zero-order valence-corrected chi connectivity index (χ0v) is 20.4. The number of fused-ring (bicyclic) bond motifs is 1. The molecule has 3 N–H and O–H groups in total. The summed E-state index contributed by atoms with van der Waals surface area (Å²) in [5.74, 6) is 0.297. The Hall–Kier alpha value is -4.01. The number of hydrogen-bond acceptors (Lipinski definition) is 6. The van der Waals surface area contributed by atoms with Gasteiger partial charge in [-0.15, -0.1) is 5.10 Å². The van der Waals surface area contributed by atoms with E-state index in [4.69, 9.17) is 0 Å². The van der Waals surface area contributed by atoms with Crippen LogP contribution in [0.5, 0.6) is 17.5 Å². The molecular formula is C27H30N5O4. The van der Waals surface area contributed by atoms with Gasteiger partial charge in [0.15, 0.2) is 5.82 Å². The monoisotopic (exact) mass is 488 g/mol. The number of phenolic OH excluding ortho intramolecular Hbond substituents is 2. The van der Waals surface area contributed by atoms with Gasteiger partial charge in [-0.2, -0.15) is 0 Å². The summed E-state index contributed by atoms with van der Waals surface area (Å²) in [5.41, 5.74) is 2.61. The highest BCUT2D eigenvalue weighted by molar-refractivity contribution is 5.83. The van der Waals surface area contributed by atoms with Crippen LogP contribution >= 0.6 is 0 Å². The van der Waals surface area contributed by atoms with Crippen LogP contribution in [-0.4, -0.2) is 58.5 Å². The average Bonchev–Trinajstić information content (AvgIpc) is 3.45. The lowest BCUT2D eigenvalue weighted by Crippen LogP contribution is -2.36. The molecule has 36 heavy (non-hydrogen) atoms. The van der Waals surface area contributed by atoms with Crippen LogP contribution in [0, 0.1) is 6.42 Å².